The third-order valence-corrected chi connectivity index (χ3v) is 5.14. The van der Waals surface area contributed by atoms with E-state index in [1.807, 2.05) is 0 Å². The standard InChI is InChI=1S/C11H14BrNO3S/c12-10-5-1-2-6-11(10)17(14,15)13-9-4-3-7-16-8-9/h1-2,5-6,9,13H,3-4,7-8H2. The third kappa shape index (κ3) is 3.28. The summed E-state index contributed by atoms with van der Waals surface area (Å²) in [4.78, 5) is 0.269. The van der Waals surface area contributed by atoms with E-state index in [9.17, 15) is 8.42 Å². The van der Waals surface area contributed by atoms with Crippen molar-refractivity contribution in [2.24, 2.45) is 0 Å². The third-order valence-electron chi connectivity index (χ3n) is 2.61. The molecule has 1 aromatic carbocycles. The Morgan fingerprint density at radius 3 is 2.76 bits per heavy atom. The molecule has 1 unspecified atom stereocenters. The molecule has 1 fully saturated rings. The van der Waals surface area contributed by atoms with Gasteiger partial charge in [0.2, 0.25) is 10.0 Å². The minimum Gasteiger partial charge on any atom is -0.380 e. The maximum absolute atomic E-state index is 12.1. The smallest absolute Gasteiger partial charge is 0.242 e. The number of hydrogen-bond acceptors (Lipinski definition) is 3. The van der Waals surface area contributed by atoms with Gasteiger partial charge in [0.05, 0.1) is 11.5 Å². The van der Waals surface area contributed by atoms with Crippen LogP contribution >= 0.6 is 15.9 Å². The summed E-state index contributed by atoms with van der Waals surface area (Å²) in [5.41, 5.74) is 0. The summed E-state index contributed by atoms with van der Waals surface area (Å²) >= 11 is 3.25. The van der Waals surface area contributed by atoms with Crippen LogP contribution in [0.1, 0.15) is 12.8 Å². The lowest BCUT2D eigenvalue weighted by atomic mass is 10.1. The first-order chi connectivity index (χ1) is 8.09. The average molecular weight is 320 g/mol. The van der Waals surface area contributed by atoms with Crippen LogP contribution in [0.2, 0.25) is 0 Å². The molecule has 6 heteroatoms. The van der Waals surface area contributed by atoms with Gasteiger partial charge in [-0.15, -0.1) is 0 Å². The second kappa shape index (κ2) is 5.48. The Morgan fingerprint density at radius 1 is 1.35 bits per heavy atom. The predicted molar refractivity (Wildman–Crippen MR) is 68.3 cm³/mol. The van der Waals surface area contributed by atoms with Crippen molar-refractivity contribution >= 4 is 26.0 Å². The summed E-state index contributed by atoms with van der Waals surface area (Å²) in [7, 11) is -3.47. The Morgan fingerprint density at radius 2 is 2.12 bits per heavy atom. The number of rotatable bonds is 3. The molecule has 0 radical (unpaired) electrons. The molecule has 17 heavy (non-hydrogen) atoms. The van der Waals surface area contributed by atoms with Crippen molar-refractivity contribution in [2.45, 2.75) is 23.8 Å². The molecule has 1 heterocycles. The molecular weight excluding hydrogens is 306 g/mol. The number of benzene rings is 1. The summed E-state index contributed by atoms with van der Waals surface area (Å²) in [6, 6.07) is 6.66. The minimum atomic E-state index is -3.47. The Balaban J connectivity index is 2.16. The van der Waals surface area contributed by atoms with Gasteiger partial charge in [0.25, 0.3) is 0 Å². The van der Waals surface area contributed by atoms with Gasteiger partial charge >= 0.3 is 0 Å². The number of halogens is 1. The molecule has 0 aliphatic carbocycles. The molecule has 94 valence electrons. The van der Waals surface area contributed by atoms with Crippen molar-refractivity contribution in [3.05, 3.63) is 28.7 Å². The van der Waals surface area contributed by atoms with Crippen LogP contribution < -0.4 is 4.72 Å². The monoisotopic (exact) mass is 319 g/mol. The fourth-order valence-corrected chi connectivity index (χ4v) is 4.04. The van der Waals surface area contributed by atoms with Crippen molar-refractivity contribution in [1.82, 2.24) is 4.72 Å². The molecule has 1 saturated heterocycles. The maximum atomic E-state index is 12.1. The quantitative estimate of drug-likeness (QED) is 0.925. The summed E-state index contributed by atoms with van der Waals surface area (Å²) in [6.45, 7) is 1.16. The molecule has 0 amide bonds. The molecule has 1 aromatic rings. The van der Waals surface area contributed by atoms with Crippen LogP contribution in [-0.2, 0) is 14.8 Å². The number of nitrogens with one attached hydrogen (secondary N) is 1. The van der Waals surface area contributed by atoms with Crippen LogP contribution in [0.15, 0.2) is 33.6 Å². The first kappa shape index (κ1) is 13.0. The van der Waals surface area contributed by atoms with E-state index >= 15 is 0 Å². The first-order valence-electron chi connectivity index (χ1n) is 5.44. The van der Waals surface area contributed by atoms with E-state index in [0.717, 1.165) is 12.8 Å². The number of sulfonamides is 1. The highest BCUT2D eigenvalue weighted by Gasteiger charge is 2.23. The van der Waals surface area contributed by atoms with Crippen LogP contribution in [0.4, 0.5) is 0 Å². The lowest BCUT2D eigenvalue weighted by Crippen LogP contribution is -2.40. The van der Waals surface area contributed by atoms with Crippen molar-refractivity contribution in [3.63, 3.8) is 0 Å². The second-order valence-corrected chi connectivity index (χ2v) is 6.50. The van der Waals surface area contributed by atoms with Gasteiger partial charge < -0.3 is 4.74 Å². The highest BCUT2D eigenvalue weighted by Crippen LogP contribution is 2.21. The Hall–Kier alpha value is -0.430. The van der Waals surface area contributed by atoms with Crippen LogP contribution in [0, 0.1) is 0 Å². The van der Waals surface area contributed by atoms with Gasteiger partial charge in [-0.2, -0.15) is 0 Å². The molecule has 4 nitrogen and oxygen atoms in total. The zero-order valence-corrected chi connectivity index (χ0v) is 11.6. The van der Waals surface area contributed by atoms with Crippen LogP contribution in [0.5, 0.6) is 0 Å². The molecule has 0 aromatic heterocycles. The molecule has 0 spiro atoms. The molecule has 2 rings (SSSR count). The Labute approximate surface area is 110 Å². The minimum absolute atomic E-state index is 0.124. The van der Waals surface area contributed by atoms with Gasteiger partial charge in [-0.3, -0.25) is 0 Å². The summed E-state index contributed by atoms with van der Waals surface area (Å²) < 4.78 is 32.7. The van der Waals surface area contributed by atoms with E-state index in [1.165, 1.54) is 0 Å². The molecule has 1 aliphatic heterocycles. The van der Waals surface area contributed by atoms with Crippen LogP contribution in [-0.4, -0.2) is 27.7 Å². The van der Waals surface area contributed by atoms with Crippen molar-refractivity contribution in [2.75, 3.05) is 13.2 Å². The average Bonchev–Trinajstić information content (AvgIpc) is 2.30. The van der Waals surface area contributed by atoms with Gasteiger partial charge in [0, 0.05) is 17.1 Å². The van der Waals surface area contributed by atoms with Crippen LogP contribution in [0.3, 0.4) is 0 Å². The zero-order chi connectivity index (χ0) is 12.3. The molecule has 0 bridgehead atoms. The van der Waals surface area contributed by atoms with E-state index in [1.54, 1.807) is 24.3 Å². The number of hydrogen-bond donors (Lipinski definition) is 1. The lowest BCUT2D eigenvalue weighted by molar-refractivity contribution is 0.0774. The largest absolute Gasteiger partial charge is 0.380 e. The van der Waals surface area contributed by atoms with Gasteiger partial charge in [-0.1, -0.05) is 12.1 Å². The topological polar surface area (TPSA) is 55.4 Å². The summed E-state index contributed by atoms with van der Waals surface area (Å²) in [6.07, 6.45) is 1.72. The van der Waals surface area contributed by atoms with E-state index in [2.05, 4.69) is 20.7 Å². The Kier molecular flexibility index (Phi) is 4.19. The molecule has 1 N–H and O–H groups in total. The van der Waals surface area contributed by atoms with E-state index in [0.29, 0.717) is 17.7 Å². The maximum Gasteiger partial charge on any atom is 0.242 e. The van der Waals surface area contributed by atoms with E-state index in [4.69, 9.17) is 4.74 Å². The highest BCUT2D eigenvalue weighted by molar-refractivity contribution is 9.10. The van der Waals surface area contributed by atoms with Gasteiger partial charge in [0.1, 0.15) is 0 Å². The predicted octanol–water partition coefficient (Wildman–Crippen LogP) is 1.91. The summed E-state index contributed by atoms with van der Waals surface area (Å²) in [5, 5.41) is 0. The lowest BCUT2D eigenvalue weighted by Gasteiger charge is -2.23. The highest BCUT2D eigenvalue weighted by atomic mass is 79.9. The van der Waals surface area contributed by atoms with Crippen molar-refractivity contribution in [3.8, 4) is 0 Å². The van der Waals surface area contributed by atoms with Crippen molar-refractivity contribution in [1.29, 1.82) is 0 Å². The fourth-order valence-electron chi connectivity index (χ4n) is 1.78. The van der Waals surface area contributed by atoms with Crippen molar-refractivity contribution < 1.29 is 13.2 Å². The fraction of sp³-hybridized carbons (Fsp3) is 0.455. The molecule has 1 atom stereocenters. The van der Waals surface area contributed by atoms with Gasteiger partial charge in [0.15, 0.2) is 0 Å². The normalized spacial score (nSPS) is 21.4. The molecular formula is C11H14BrNO3S. The zero-order valence-electron chi connectivity index (χ0n) is 9.23. The van der Waals surface area contributed by atoms with Crippen LogP contribution in [0.25, 0.3) is 0 Å². The Bertz CT molecular complexity index is 483. The summed E-state index contributed by atoms with van der Waals surface area (Å²) in [5.74, 6) is 0. The van der Waals surface area contributed by atoms with E-state index in [-0.39, 0.29) is 10.9 Å². The van der Waals surface area contributed by atoms with E-state index < -0.39 is 10.0 Å². The second-order valence-electron chi connectivity index (χ2n) is 3.97. The molecule has 0 saturated carbocycles. The SMILES string of the molecule is O=S(=O)(NC1CCCOC1)c1ccccc1Br. The van der Waals surface area contributed by atoms with Gasteiger partial charge in [-0.05, 0) is 40.9 Å². The van der Waals surface area contributed by atoms with Gasteiger partial charge in [-0.25, -0.2) is 13.1 Å². The molecule has 1 aliphatic rings. The number of ether oxygens (including phenoxy) is 1. The first-order valence-corrected chi connectivity index (χ1v) is 7.72.